The first kappa shape index (κ1) is 10.3. The molecule has 2 unspecified atom stereocenters. The Hall–Kier alpha value is -0.740. The Kier molecular flexibility index (Phi) is 4.64. The van der Waals surface area contributed by atoms with E-state index in [2.05, 4.69) is 18.1 Å². The molecule has 0 aromatic carbocycles. The van der Waals surface area contributed by atoms with Crippen molar-refractivity contribution in [3.63, 3.8) is 0 Å². The highest BCUT2D eigenvalue weighted by Crippen LogP contribution is 2.24. The fourth-order valence-corrected chi connectivity index (χ4v) is 1.82. The SMILES string of the molecule is C#CCCCC(O)C1CC=CCC1. The lowest BCUT2D eigenvalue weighted by molar-refractivity contribution is 0.0919. The molecule has 0 aromatic rings. The summed E-state index contributed by atoms with van der Waals surface area (Å²) in [6.07, 6.45) is 15.3. The molecule has 0 amide bonds. The van der Waals surface area contributed by atoms with Gasteiger partial charge < -0.3 is 5.11 Å². The van der Waals surface area contributed by atoms with Crippen molar-refractivity contribution in [2.45, 2.75) is 44.6 Å². The molecule has 0 radical (unpaired) electrons. The standard InChI is InChI=1S/C12H18O/c1-2-3-5-10-12(13)11-8-6-4-7-9-11/h1,4,6,11-13H,3,5,7-10H2. The number of aliphatic hydroxyl groups is 1. The number of hydrogen-bond donors (Lipinski definition) is 1. The summed E-state index contributed by atoms with van der Waals surface area (Å²) in [6.45, 7) is 0. The molecule has 1 rings (SSSR count). The van der Waals surface area contributed by atoms with Gasteiger partial charge in [-0.3, -0.25) is 0 Å². The Morgan fingerprint density at radius 3 is 3.00 bits per heavy atom. The molecule has 1 N–H and O–H groups in total. The normalized spacial score (nSPS) is 23.8. The molecule has 1 aliphatic carbocycles. The van der Waals surface area contributed by atoms with Crippen LogP contribution in [0, 0.1) is 18.3 Å². The quantitative estimate of drug-likeness (QED) is 0.398. The van der Waals surface area contributed by atoms with Gasteiger partial charge in [-0.2, -0.15) is 0 Å². The largest absolute Gasteiger partial charge is 0.393 e. The average molecular weight is 178 g/mol. The fraction of sp³-hybridized carbons (Fsp3) is 0.667. The summed E-state index contributed by atoms with van der Waals surface area (Å²) in [5.74, 6) is 3.08. The highest BCUT2D eigenvalue weighted by Gasteiger charge is 2.18. The van der Waals surface area contributed by atoms with Crippen LogP contribution in [0.4, 0.5) is 0 Å². The van der Waals surface area contributed by atoms with Crippen LogP contribution in [0.2, 0.25) is 0 Å². The first-order chi connectivity index (χ1) is 6.34. The van der Waals surface area contributed by atoms with E-state index >= 15 is 0 Å². The van der Waals surface area contributed by atoms with Crippen LogP contribution in [0.3, 0.4) is 0 Å². The van der Waals surface area contributed by atoms with E-state index in [0.29, 0.717) is 5.92 Å². The third-order valence-electron chi connectivity index (χ3n) is 2.67. The molecule has 0 heterocycles. The molecule has 0 saturated heterocycles. The molecule has 72 valence electrons. The number of aliphatic hydroxyl groups excluding tert-OH is 1. The summed E-state index contributed by atoms with van der Waals surface area (Å²) in [7, 11) is 0. The van der Waals surface area contributed by atoms with Gasteiger partial charge in [0.15, 0.2) is 0 Å². The highest BCUT2D eigenvalue weighted by atomic mass is 16.3. The van der Waals surface area contributed by atoms with E-state index in [0.717, 1.165) is 38.5 Å². The first-order valence-electron chi connectivity index (χ1n) is 5.11. The third kappa shape index (κ3) is 3.65. The van der Waals surface area contributed by atoms with Gasteiger partial charge in [0, 0.05) is 6.42 Å². The molecule has 0 aliphatic heterocycles. The van der Waals surface area contributed by atoms with Crippen molar-refractivity contribution in [2.75, 3.05) is 0 Å². The summed E-state index contributed by atoms with van der Waals surface area (Å²) in [4.78, 5) is 0. The lowest BCUT2D eigenvalue weighted by Gasteiger charge is -2.23. The van der Waals surface area contributed by atoms with Crippen LogP contribution >= 0.6 is 0 Å². The van der Waals surface area contributed by atoms with E-state index in [1.165, 1.54) is 0 Å². The van der Waals surface area contributed by atoms with E-state index in [1.807, 2.05) is 0 Å². The van der Waals surface area contributed by atoms with Crippen LogP contribution < -0.4 is 0 Å². The number of rotatable bonds is 4. The second kappa shape index (κ2) is 5.83. The maximum atomic E-state index is 9.80. The maximum absolute atomic E-state index is 9.80. The van der Waals surface area contributed by atoms with E-state index in [-0.39, 0.29) is 6.10 Å². The Morgan fingerprint density at radius 1 is 1.54 bits per heavy atom. The molecule has 0 bridgehead atoms. The zero-order chi connectivity index (χ0) is 9.52. The summed E-state index contributed by atoms with van der Waals surface area (Å²) in [5.41, 5.74) is 0. The van der Waals surface area contributed by atoms with Gasteiger partial charge in [-0.1, -0.05) is 12.2 Å². The predicted octanol–water partition coefficient (Wildman–Crippen LogP) is 2.51. The van der Waals surface area contributed by atoms with Crippen LogP contribution in [-0.4, -0.2) is 11.2 Å². The zero-order valence-corrected chi connectivity index (χ0v) is 8.08. The van der Waals surface area contributed by atoms with Crippen LogP contribution in [0.5, 0.6) is 0 Å². The average Bonchev–Trinajstić information content (AvgIpc) is 2.19. The van der Waals surface area contributed by atoms with E-state index in [1.54, 1.807) is 0 Å². The van der Waals surface area contributed by atoms with Gasteiger partial charge in [0.2, 0.25) is 0 Å². The fourth-order valence-electron chi connectivity index (χ4n) is 1.82. The summed E-state index contributed by atoms with van der Waals surface area (Å²) in [6, 6.07) is 0. The smallest absolute Gasteiger partial charge is 0.0571 e. The van der Waals surface area contributed by atoms with Crippen molar-refractivity contribution >= 4 is 0 Å². The van der Waals surface area contributed by atoms with Gasteiger partial charge in [-0.05, 0) is 38.0 Å². The van der Waals surface area contributed by atoms with Crippen molar-refractivity contribution < 1.29 is 5.11 Å². The Labute approximate surface area is 80.9 Å². The van der Waals surface area contributed by atoms with Crippen LogP contribution in [0.25, 0.3) is 0 Å². The lowest BCUT2D eigenvalue weighted by atomic mass is 9.87. The van der Waals surface area contributed by atoms with Crippen LogP contribution in [-0.2, 0) is 0 Å². The second-order valence-electron chi connectivity index (χ2n) is 3.71. The molecule has 0 spiro atoms. The molecule has 0 fully saturated rings. The third-order valence-corrected chi connectivity index (χ3v) is 2.67. The summed E-state index contributed by atoms with van der Waals surface area (Å²) < 4.78 is 0. The minimum atomic E-state index is -0.140. The Morgan fingerprint density at radius 2 is 2.38 bits per heavy atom. The molecule has 0 saturated carbocycles. The van der Waals surface area contributed by atoms with E-state index < -0.39 is 0 Å². The highest BCUT2D eigenvalue weighted by molar-refractivity contribution is 4.92. The van der Waals surface area contributed by atoms with Gasteiger partial charge in [0.05, 0.1) is 6.10 Å². The number of unbranched alkanes of at least 4 members (excludes halogenated alkanes) is 1. The van der Waals surface area contributed by atoms with Crippen molar-refractivity contribution in [1.29, 1.82) is 0 Å². The molecule has 13 heavy (non-hydrogen) atoms. The predicted molar refractivity (Wildman–Crippen MR) is 55.2 cm³/mol. The van der Waals surface area contributed by atoms with Crippen molar-refractivity contribution in [3.8, 4) is 12.3 Å². The Bertz CT molecular complexity index is 200. The number of terminal acetylenes is 1. The molecule has 2 atom stereocenters. The topological polar surface area (TPSA) is 20.2 Å². The van der Waals surface area contributed by atoms with Gasteiger partial charge in [0.1, 0.15) is 0 Å². The second-order valence-corrected chi connectivity index (χ2v) is 3.71. The molecular formula is C12H18O. The van der Waals surface area contributed by atoms with Gasteiger partial charge in [-0.15, -0.1) is 12.3 Å². The molecular weight excluding hydrogens is 160 g/mol. The van der Waals surface area contributed by atoms with Gasteiger partial charge >= 0.3 is 0 Å². The summed E-state index contributed by atoms with van der Waals surface area (Å²) in [5, 5.41) is 9.80. The molecule has 1 nitrogen and oxygen atoms in total. The van der Waals surface area contributed by atoms with Crippen LogP contribution in [0.1, 0.15) is 38.5 Å². The van der Waals surface area contributed by atoms with E-state index in [9.17, 15) is 5.11 Å². The van der Waals surface area contributed by atoms with E-state index in [4.69, 9.17) is 6.42 Å². The van der Waals surface area contributed by atoms with Crippen molar-refractivity contribution in [2.24, 2.45) is 5.92 Å². The molecule has 0 aromatic heterocycles. The lowest BCUT2D eigenvalue weighted by Crippen LogP contribution is -2.21. The first-order valence-corrected chi connectivity index (χ1v) is 5.11. The minimum Gasteiger partial charge on any atom is -0.393 e. The van der Waals surface area contributed by atoms with Gasteiger partial charge in [0.25, 0.3) is 0 Å². The maximum Gasteiger partial charge on any atom is 0.0571 e. The van der Waals surface area contributed by atoms with Crippen LogP contribution in [0.15, 0.2) is 12.2 Å². The minimum absolute atomic E-state index is 0.140. The number of allylic oxidation sites excluding steroid dienone is 2. The zero-order valence-electron chi connectivity index (χ0n) is 8.08. The van der Waals surface area contributed by atoms with Gasteiger partial charge in [-0.25, -0.2) is 0 Å². The van der Waals surface area contributed by atoms with Crippen molar-refractivity contribution in [3.05, 3.63) is 12.2 Å². The Balaban J connectivity index is 2.19. The summed E-state index contributed by atoms with van der Waals surface area (Å²) >= 11 is 0. The van der Waals surface area contributed by atoms with Crippen molar-refractivity contribution in [1.82, 2.24) is 0 Å². The molecule has 1 heteroatoms. The molecule has 1 aliphatic rings. The monoisotopic (exact) mass is 178 g/mol. The number of hydrogen-bond acceptors (Lipinski definition) is 1.